The first kappa shape index (κ1) is 7.03. The van der Waals surface area contributed by atoms with Crippen LogP contribution in [0, 0.1) is 21.3 Å². The Kier molecular flexibility index (Phi) is 6.06. The van der Waals surface area contributed by atoms with E-state index in [1.54, 1.807) is 0 Å². The molecule has 0 aromatic rings. The Balaban J connectivity index is 2.77. The highest BCUT2D eigenvalue weighted by molar-refractivity contribution is 9.11. The number of thiocyanates is 2. The van der Waals surface area contributed by atoms with Gasteiger partial charge in [0.05, 0.1) is 0 Å². The quantitative estimate of drug-likeness (QED) is 0.340. The van der Waals surface area contributed by atoms with Gasteiger partial charge in [-0.1, -0.05) is 0 Å². The second-order valence-electron chi connectivity index (χ2n) is 0.417. The van der Waals surface area contributed by atoms with Crippen LogP contribution in [0.25, 0.3) is 0 Å². The molecule has 0 aromatic carbocycles. The van der Waals surface area contributed by atoms with Gasteiger partial charge in [0.25, 0.3) is 0 Å². The predicted molar refractivity (Wildman–Crippen MR) is 34.0 cm³/mol. The maximum Gasteiger partial charge on any atom is 0.145 e. The summed E-state index contributed by atoms with van der Waals surface area (Å²) in [6, 6.07) is 0. The summed E-state index contributed by atoms with van der Waals surface area (Å²) in [6.45, 7) is 0. The molecule has 36 valence electrons. The van der Waals surface area contributed by atoms with Gasteiger partial charge in [-0.2, -0.15) is 10.5 Å². The van der Waals surface area contributed by atoms with Crippen LogP contribution in [-0.2, 0) is 0 Å². The average molecular weight is 148 g/mol. The summed E-state index contributed by atoms with van der Waals surface area (Å²) in [5.41, 5.74) is 0. The van der Waals surface area contributed by atoms with Crippen LogP contribution in [0.2, 0.25) is 0 Å². The summed E-state index contributed by atoms with van der Waals surface area (Å²) in [5, 5.41) is 19.3. The summed E-state index contributed by atoms with van der Waals surface area (Å²) >= 11 is 0. The van der Waals surface area contributed by atoms with E-state index in [0.29, 0.717) is 0 Å². The topological polar surface area (TPSA) is 47.6 Å². The minimum absolute atomic E-state index is 0.995. The van der Waals surface area contributed by atoms with Gasteiger partial charge in [-0.25, -0.2) is 0 Å². The van der Waals surface area contributed by atoms with Gasteiger partial charge in [0.1, 0.15) is 10.8 Å². The molecule has 7 heavy (non-hydrogen) atoms. The average Bonchev–Trinajstić information content (AvgIpc) is 1.69. The Morgan fingerprint density at radius 3 is 1.71 bits per heavy atom. The molecule has 0 heterocycles. The van der Waals surface area contributed by atoms with E-state index >= 15 is 0 Å². The molecule has 2 nitrogen and oxygen atoms in total. The lowest BCUT2D eigenvalue weighted by Gasteiger charge is -1.72. The Hall–Kier alpha value is 0.0300. The van der Waals surface area contributed by atoms with Gasteiger partial charge >= 0.3 is 0 Å². The summed E-state index contributed by atoms with van der Waals surface area (Å²) in [7, 11) is 3.16. The van der Waals surface area contributed by atoms with Gasteiger partial charge in [-0.05, 0) is 0 Å². The van der Waals surface area contributed by atoms with Crippen molar-refractivity contribution < 1.29 is 0 Å². The molecule has 0 spiro atoms. The maximum absolute atomic E-state index is 7.86. The number of hydrogen-bond acceptors (Lipinski definition) is 5. The van der Waals surface area contributed by atoms with Crippen molar-refractivity contribution in [1.82, 2.24) is 0 Å². The maximum atomic E-state index is 7.86. The molecule has 0 bridgehead atoms. The molecule has 0 rings (SSSR count). The predicted octanol–water partition coefficient (Wildman–Crippen LogP) is 1.98. The summed E-state index contributed by atoms with van der Waals surface area (Å²) < 4.78 is 0. The second-order valence-corrected chi connectivity index (χ2v) is 3.88. The zero-order valence-corrected chi connectivity index (χ0v) is 5.57. The fourth-order valence-electron chi connectivity index (χ4n) is 0.0474. The van der Waals surface area contributed by atoms with E-state index in [0.717, 1.165) is 31.4 Å². The molecular weight excluding hydrogens is 148 g/mol. The van der Waals surface area contributed by atoms with E-state index in [-0.39, 0.29) is 0 Å². The highest BCUT2D eigenvalue weighted by Gasteiger charge is 1.81. The van der Waals surface area contributed by atoms with E-state index < -0.39 is 0 Å². The van der Waals surface area contributed by atoms with Crippen LogP contribution < -0.4 is 0 Å². The highest BCUT2D eigenvalue weighted by atomic mass is 33.5. The molecule has 0 radical (unpaired) electrons. The normalized spacial score (nSPS) is 6.57. The van der Waals surface area contributed by atoms with Gasteiger partial charge < -0.3 is 0 Å². The van der Waals surface area contributed by atoms with Gasteiger partial charge in [-0.15, -0.1) is 0 Å². The number of hydrogen-bond donors (Lipinski definition) is 0. The van der Waals surface area contributed by atoms with E-state index in [4.69, 9.17) is 10.5 Å². The lowest BCUT2D eigenvalue weighted by atomic mass is 11.8. The SMILES string of the molecule is N#CSSSC#N. The van der Waals surface area contributed by atoms with Crippen molar-refractivity contribution in [2.45, 2.75) is 0 Å². The fraction of sp³-hybridized carbons (Fsp3) is 0. The van der Waals surface area contributed by atoms with E-state index in [9.17, 15) is 0 Å². The van der Waals surface area contributed by atoms with E-state index in [1.165, 1.54) is 0 Å². The molecule has 0 aliphatic rings. The lowest BCUT2D eigenvalue weighted by Crippen LogP contribution is -1.31. The first-order valence-electron chi connectivity index (χ1n) is 1.19. The van der Waals surface area contributed by atoms with Gasteiger partial charge in [0, 0.05) is 31.4 Å². The Bertz CT molecular complexity index is 95.1. The van der Waals surface area contributed by atoms with Crippen molar-refractivity contribution in [3.8, 4) is 10.8 Å². The zero-order chi connectivity index (χ0) is 5.54. The minimum Gasteiger partial charge on any atom is -0.184 e. The molecule has 0 unspecified atom stereocenters. The molecule has 0 saturated heterocycles. The van der Waals surface area contributed by atoms with Crippen LogP contribution in [0.3, 0.4) is 0 Å². The molecule has 0 fully saturated rings. The summed E-state index contributed by atoms with van der Waals surface area (Å²) in [4.78, 5) is 0. The monoisotopic (exact) mass is 148 g/mol. The standard InChI is InChI=1S/C2N2S3/c3-1-5-7-6-2-4. The van der Waals surface area contributed by atoms with Crippen molar-refractivity contribution in [3.05, 3.63) is 0 Å². The molecule has 0 atom stereocenters. The minimum atomic E-state index is 0.995. The molecular formula is C2N2S3. The molecule has 0 aromatic heterocycles. The molecule has 0 N–H and O–H groups in total. The zero-order valence-electron chi connectivity index (χ0n) is 3.12. The van der Waals surface area contributed by atoms with Crippen LogP contribution in [0.5, 0.6) is 0 Å². The van der Waals surface area contributed by atoms with Crippen LogP contribution in [0.1, 0.15) is 0 Å². The molecule has 0 aliphatic carbocycles. The van der Waals surface area contributed by atoms with Crippen molar-refractivity contribution in [1.29, 1.82) is 10.5 Å². The lowest BCUT2D eigenvalue weighted by molar-refractivity contribution is 1.57. The smallest absolute Gasteiger partial charge is 0.145 e. The molecule has 0 aliphatic heterocycles. The highest BCUT2D eigenvalue weighted by Crippen LogP contribution is 2.31. The van der Waals surface area contributed by atoms with Crippen LogP contribution in [0.4, 0.5) is 0 Å². The van der Waals surface area contributed by atoms with Crippen LogP contribution in [0.15, 0.2) is 0 Å². The van der Waals surface area contributed by atoms with Crippen molar-refractivity contribution in [3.63, 3.8) is 0 Å². The third-order valence-electron chi connectivity index (χ3n) is 0.143. The molecule has 5 heteroatoms. The van der Waals surface area contributed by atoms with Crippen LogP contribution >= 0.6 is 31.4 Å². The summed E-state index contributed by atoms with van der Waals surface area (Å²) in [6.07, 6.45) is 0. The summed E-state index contributed by atoms with van der Waals surface area (Å²) in [5.74, 6) is 0. The first-order valence-corrected chi connectivity index (χ1v) is 4.67. The molecule has 0 amide bonds. The van der Waals surface area contributed by atoms with E-state index in [1.807, 2.05) is 10.8 Å². The Morgan fingerprint density at radius 2 is 1.43 bits per heavy atom. The fourth-order valence-corrected chi connectivity index (χ4v) is 1.28. The number of nitrogens with zero attached hydrogens (tertiary/aromatic N) is 2. The van der Waals surface area contributed by atoms with Gasteiger partial charge in [-0.3, -0.25) is 0 Å². The Morgan fingerprint density at radius 1 is 1.00 bits per heavy atom. The van der Waals surface area contributed by atoms with Crippen molar-refractivity contribution in [2.24, 2.45) is 0 Å². The number of nitriles is 2. The van der Waals surface area contributed by atoms with Crippen molar-refractivity contribution in [2.75, 3.05) is 0 Å². The third kappa shape index (κ3) is 6.03. The van der Waals surface area contributed by atoms with E-state index in [2.05, 4.69) is 0 Å². The molecule has 0 saturated carbocycles. The van der Waals surface area contributed by atoms with Crippen LogP contribution in [-0.4, -0.2) is 0 Å². The first-order chi connectivity index (χ1) is 3.41. The van der Waals surface area contributed by atoms with Gasteiger partial charge in [0.15, 0.2) is 0 Å². The Labute approximate surface area is 53.1 Å². The largest absolute Gasteiger partial charge is 0.184 e. The number of rotatable bonds is 2. The third-order valence-corrected chi connectivity index (χ3v) is 2.51. The van der Waals surface area contributed by atoms with Gasteiger partial charge in [0.2, 0.25) is 0 Å². The van der Waals surface area contributed by atoms with Crippen molar-refractivity contribution >= 4 is 31.4 Å². The second kappa shape index (κ2) is 6.03.